The fraction of sp³-hybridized carbons (Fsp3) is 0.692. The van der Waals surface area contributed by atoms with Crippen LogP contribution in [0.1, 0.15) is 44.1 Å². The van der Waals surface area contributed by atoms with Crippen LogP contribution in [0, 0.1) is 0 Å². The van der Waals surface area contributed by atoms with E-state index in [0.717, 1.165) is 41.4 Å². The molecule has 0 bridgehead atoms. The standard InChI is InChI=1S/C13H20BrN3O/c1-3-15-13-11(14)12(9-5-6-9)16-10(17-13)7-8-18-4-2/h9H,3-8H2,1-2H3,(H,15,16,17). The van der Waals surface area contributed by atoms with Crippen molar-refractivity contribution in [3.63, 3.8) is 0 Å². The predicted molar refractivity (Wildman–Crippen MR) is 76.1 cm³/mol. The number of hydrogen-bond donors (Lipinski definition) is 1. The Morgan fingerprint density at radius 1 is 1.33 bits per heavy atom. The lowest BCUT2D eigenvalue weighted by molar-refractivity contribution is 0.149. The first-order valence-electron chi connectivity index (χ1n) is 6.64. The average molecular weight is 314 g/mol. The Bertz CT molecular complexity index is 407. The summed E-state index contributed by atoms with van der Waals surface area (Å²) in [6.45, 7) is 6.37. The van der Waals surface area contributed by atoms with Crippen LogP contribution in [0.4, 0.5) is 5.82 Å². The van der Waals surface area contributed by atoms with Gasteiger partial charge in [0.2, 0.25) is 0 Å². The maximum atomic E-state index is 5.37. The van der Waals surface area contributed by atoms with Crippen LogP contribution in [-0.4, -0.2) is 29.7 Å². The fourth-order valence-corrected chi connectivity index (χ4v) is 2.49. The highest BCUT2D eigenvalue weighted by molar-refractivity contribution is 9.10. The summed E-state index contributed by atoms with van der Waals surface area (Å²) in [4.78, 5) is 9.23. The van der Waals surface area contributed by atoms with E-state index in [2.05, 4.69) is 38.1 Å². The van der Waals surface area contributed by atoms with Crippen molar-refractivity contribution in [2.45, 2.75) is 39.0 Å². The van der Waals surface area contributed by atoms with E-state index in [-0.39, 0.29) is 0 Å². The second-order valence-electron chi connectivity index (χ2n) is 4.44. The van der Waals surface area contributed by atoms with E-state index in [9.17, 15) is 0 Å². The Kier molecular flexibility index (Phi) is 4.95. The molecule has 0 spiro atoms. The summed E-state index contributed by atoms with van der Waals surface area (Å²) in [7, 11) is 0. The highest BCUT2D eigenvalue weighted by Gasteiger charge is 2.29. The third kappa shape index (κ3) is 3.42. The van der Waals surface area contributed by atoms with Crippen molar-refractivity contribution in [2.24, 2.45) is 0 Å². The molecule has 1 N–H and O–H groups in total. The van der Waals surface area contributed by atoms with Crippen molar-refractivity contribution in [2.75, 3.05) is 25.1 Å². The molecule has 1 aromatic heterocycles. The zero-order chi connectivity index (χ0) is 13.0. The van der Waals surface area contributed by atoms with Crippen LogP contribution in [0.25, 0.3) is 0 Å². The number of hydrogen-bond acceptors (Lipinski definition) is 4. The SMILES string of the molecule is CCNc1nc(CCOCC)nc(C2CC2)c1Br. The van der Waals surface area contributed by atoms with Crippen molar-refractivity contribution in [3.05, 3.63) is 16.0 Å². The Morgan fingerprint density at radius 3 is 2.72 bits per heavy atom. The Morgan fingerprint density at radius 2 is 2.11 bits per heavy atom. The van der Waals surface area contributed by atoms with Gasteiger partial charge in [-0.05, 0) is 42.6 Å². The van der Waals surface area contributed by atoms with Gasteiger partial charge in [0.05, 0.1) is 16.8 Å². The Hall–Kier alpha value is -0.680. The van der Waals surface area contributed by atoms with Crippen molar-refractivity contribution in [1.82, 2.24) is 9.97 Å². The minimum atomic E-state index is 0.616. The molecule has 0 aliphatic heterocycles. The topological polar surface area (TPSA) is 47.0 Å². The third-order valence-electron chi connectivity index (χ3n) is 2.91. The summed E-state index contributed by atoms with van der Waals surface area (Å²) in [5.74, 6) is 2.41. The number of halogens is 1. The molecule has 1 aromatic rings. The van der Waals surface area contributed by atoms with Gasteiger partial charge in [-0.1, -0.05) is 0 Å². The summed E-state index contributed by atoms with van der Waals surface area (Å²) >= 11 is 3.62. The van der Waals surface area contributed by atoms with E-state index in [1.54, 1.807) is 0 Å². The molecule has 0 unspecified atom stereocenters. The monoisotopic (exact) mass is 313 g/mol. The van der Waals surface area contributed by atoms with E-state index in [1.807, 2.05) is 6.92 Å². The quantitative estimate of drug-likeness (QED) is 0.786. The lowest BCUT2D eigenvalue weighted by Gasteiger charge is -2.11. The van der Waals surface area contributed by atoms with Gasteiger partial charge < -0.3 is 10.1 Å². The second kappa shape index (κ2) is 6.48. The van der Waals surface area contributed by atoms with Crippen LogP contribution in [0.3, 0.4) is 0 Å². The highest BCUT2D eigenvalue weighted by atomic mass is 79.9. The molecule has 5 heteroatoms. The smallest absolute Gasteiger partial charge is 0.144 e. The highest BCUT2D eigenvalue weighted by Crippen LogP contribution is 2.43. The first-order valence-corrected chi connectivity index (χ1v) is 7.43. The zero-order valence-corrected chi connectivity index (χ0v) is 12.6. The number of nitrogens with one attached hydrogen (secondary N) is 1. The Labute approximate surface area is 117 Å². The maximum Gasteiger partial charge on any atom is 0.144 e. The second-order valence-corrected chi connectivity index (χ2v) is 5.23. The van der Waals surface area contributed by atoms with Crippen molar-refractivity contribution in [1.29, 1.82) is 0 Å². The summed E-state index contributed by atoms with van der Waals surface area (Å²) < 4.78 is 6.41. The molecule has 0 saturated heterocycles. The van der Waals surface area contributed by atoms with Gasteiger partial charge in [0.25, 0.3) is 0 Å². The molecule has 0 amide bonds. The van der Waals surface area contributed by atoms with Gasteiger partial charge in [-0.25, -0.2) is 9.97 Å². The molecule has 1 fully saturated rings. The molecule has 4 nitrogen and oxygen atoms in total. The number of aromatic nitrogens is 2. The van der Waals surface area contributed by atoms with Crippen LogP contribution in [0.2, 0.25) is 0 Å². The van der Waals surface area contributed by atoms with Gasteiger partial charge in [0.15, 0.2) is 0 Å². The van der Waals surface area contributed by atoms with Gasteiger partial charge in [-0.2, -0.15) is 0 Å². The van der Waals surface area contributed by atoms with Crippen LogP contribution < -0.4 is 5.32 Å². The summed E-state index contributed by atoms with van der Waals surface area (Å²) in [6, 6.07) is 0. The van der Waals surface area contributed by atoms with Crippen molar-refractivity contribution < 1.29 is 4.74 Å². The molecular formula is C13H20BrN3O. The molecular weight excluding hydrogens is 294 g/mol. The van der Waals surface area contributed by atoms with Crippen LogP contribution >= 0.6 is 15.9 Å². The minimum absolute atomic E-state index is 0.616. The molecule has 0 radical (unpaired) electrons. The molecule has 0 atom stereocenters. The van der Waals surface area contributed by atoms with E-state index in [0.29, 0.717) is 12.5 Å². The molecule has 2 rings (SSSR count). The predicted octanol–water partition coefficient (Wildman–Crippen LogP) is 3.13. The van der Waals surface area contributed by atoms with Crippen LogP contribution in [0.5, 0.6) is 0 Å². The number of anilines is 1. The van der Waals surface area contributed by atoms with Gasteiger partial charge in [-0.15, -0.1) is 0 Å². The number of nitrogens with zero attached hydrogens (tertiary/aromatic N) is 2. The maximum absolute atomic E-state index is 5.37. The van der Waals surface area contributed by atoms with Gasteiger partial charge >= 0.3 is 0 Å². The van der Waals surface area contributed by atoms with Crippen LogP contribution in [0.15, 0.2) is 4.47 Å². The first-order chi connectivity index (χ1) is 8.76. The average Bonchev–Trinajstić information content (AvgIpc) is 3.17. The van der Waals surface area contributed by atoms with E-state index in [4.69, 9.17) is 4.74 Å². The largest absolute Gasteiger partial charge is 0.381 e. The molecule has 1 aliphatic carbocycles. The normalized spacial score (nSPS) is 14.8. The lowest BCUT2D eigenvalue weighted by atomic mass is 10.2. The summed E-state index contributed by atoms with van der Waals surface area (Å²) in [6.07, 6.45) is 3.26. The minimum Gasteiger partial charge on any atom is -0.381 e. The molecule has 18 heavy (non-hydrogen) atoms. The number of rotatable bonds is 7. The molecule has 1 heterocycles. The van der Waals surface area contributed by atoms with E-state index < -0.39 is 0 Å². The fourth-order valence-electron chi connectivity index (χ4n) is 1.84. The van der Waals surface area contributed by atoms with Crippen molar-refractivity contribution in [3.8, 4) is 0 Å². The van der Waals surface area contributed by atoms with Gasteiger partial charge in [0.1, 0.15) is 11.6 Å². The molecule has 100 valence electrons. The first kappa shape index (κ1) is 13.7. The molecule has 1 aliphatic rings. The van der Waals surface area contributed by atoms with E-state index >= 15 is 0 Å². The van der Waals surface area contributed by atoms with Gasteiger partial charge in [0, 0.05) is 25.5 Å². The molecule has 1 saturated carbocycles. The summed E-state index contributed by atoms with van der Waals surface area (Å²) in [5.41, 5.74) is 1.16. The van der Waals surface area contributed by atoms with Crippen LogP contribution in [-0.2, 0) is 11.2 Å². The zero-order valence-electron chi connectivity index (χ0n) is 11.0. The van der Waals surface area contributed by atoms with E-state index in [1.165, 1.54) is 12.8 Å². The van der Waals surface area contributed by atoms with Crippen molar-refractivity contribution >= 4 is 21.7 Å². The van der Waals surface area contributed by atoms with Gasteiger partial charge in [-0.3, -0.25) is 0 Å². The summed E-state index contributed by atoms with van der Waals surface area (Å²) in [5, 5.41) is 3.29. The lowest BCUT2D eigenvalue weighted by Crippen LogP contribution is -2.09. The third-order valence-corrected chi connectivity index (χ3v) is 3.69. The molecule has 0 aromatic carbocycles. The number of ether oxygens (including phenoxy) is 1. The Balaban J connectivity index is 2.18.